The molecule has 0 amide bonds. The predicted octanol–water partition coefficient (Wildman–Crippen LogP) is 0.522. The van der Waals surface area contributed by atoms with Crippen LogP contribution < -0.4 is 11.5 Å². The van der Waals surface area contributed by atoms with Crippen molar-refractivity contribution in [3.8, 4) is 0 Å². The van der Waals surface area contributed by atoms with Crippen LogP contribution in [0.4, 0.5) is 0 Å². The Balaban J connectivity index is 0. The second kappa shape index (κ2) is 19.6. The van der Waals surface area contributed by atoms with Crippen LogP contribution in [0.25, 0.3) is 0 Å². The van der Waals surface area contributed by atoms with Gasteiger partial charge in [0.1, 0.15) is 0 Å². The summed E-state index contributed by atoms with van der Waals surface area (Å²) < 4.78 is 9.98. The van der Waals surface area contributed by atoms with E-state index in [1.165, 1.54) is 25.7 Å². The Morgan fingerprint density at radius 3 is 1.33 bits per heavy atom. The monoisotopic (exact) mass is 236 g/mol. The Bertz CT molecular complexity index is 83.5. The van der Waals surface area contributed by atoms with Gasteiger partial charge in [-0.15, -0.1) is 0 Å². The minimum atomic E-state index is -0.589. The fourth-order valence-electron chi connectivity index (χ4n) is 0.476. The normalized spacial score (nSPS) is 12.8. The average Bonchev–Trinajstić information content (AvgIpc) is 2.17. The number of nitrogens with two attached hydrogens (primary N) is 2. The van der Waals surface area contributed by atoms with Crippen molar-refractivity contribution in [1.82, 2.24) is 0 Å². The van der Waals surface area contributed by atoms with E-state index >= 15 is 0 Å². The van der Waals surface area contributed by atoms with Gasteiger partial charge in [0, 0.05) is 26.3 Å². The molecule has 0 unspecified atom stereocenters. The summed E-state index contributed by atoms with van der Waals surface area (Å²) in [5.41, 5.74) is 9.81. The van der Waals surface area contributed by atoms with E-state index in [2.05, 4.69) is 0 Å². The van der Waals surface area contributed by atoms with Crippen LogP contribution in [-0.2, 0) is 8.85 Å². The van der Waals surface area contributed by atoms with Crippen molar-refractivity contribution in [3.05, 3.63) is 0 Å². The zero-order valence-electron chi connectivity index (χ0n) is 10.3. The van der Waals surface area contributed by atoms with E-state index in [1.807, 2.05) is 13.8 Å². The maximum atomic E-state index is 4.99. The molecule has 1 fully saturated rings. The van der Waals surface area contributed by atoms with Gasteiger partial charge >= 0.3 is 10.0 Å². The van der Waals surface area contributed by atoms with Crippen molar-refractivity contribution in [2.45, 2.75) is 39.5 Å². The van der Waals surface area contributed by atoms with Crippen molar-refractivity contribution in [1.29, 1.82) is 0 Å². The summed E-state index contributed by atoms with van der Waals surface area (Å²) in [6.07, 6.45) is 6.00. The molecule has 4 N–H and O–H groups in total. The van der Waals surface area contributed by atoms with Crippen molar-refractivity contribution in [2.24, 2.45) is 11.5 Å². The van der Waals surface area contributed by atoms with Gasteiger partial charge in [0.05, 0.1) is 0 Å². The van der Waals surface area contributed by atoms with Crippen molar-refractivity contribution >= 4 is 10.0 Å². The highest BCUT2D eigenvalue weighted by molar-refractivity contribution is 6.17. The summed E-state index contributed by atoms with van der Waals surface area (Å²) in [4.78, 5) is 0. The van der Waals surface area contributed by atoms with Gasteiger partial charge < -0.3 is 20.3 Å². The smallest absolute Gasteiger partial charge is 0.304 e. The number of rotatable bonds is 5. The molecule has 1 aliphatic carbocycles. The van der Waals surface area contributed by atoms with Gasteiger partial charge in [-0.2, -0.15) is 0 Å². The van der Waals surface area contributed by atoms with Crippen LogP contribution in [0.15, 0.2) is 0 Å². The Morgan fingerprint density at radius 2 is 1.20 bits per heavy atom. The Morgan fingerprint density at radius 1 is 0.867 bits per heavy atom. The van der Waals surface area contributed by atoms with Crippen LogP contribution in [-0.4, -0.2) is 36.3 Å². The molecule has 94 valence electrons. The van der Waals surface area contributed by atoms with Gasteiger partial charge in [-0.25, -0.2) is 0 Å². The van der Waals surface area contributed by atoms with Gasteiger partial charge in [-0.1, -0.05) is 25.7 Å². The van der Waals surface area contributed by atoms with Crippen LogP contribution in [0.1, 0.15) is 39.5 Å². The van der Waals surface area contributed by atoms with Crippen molar-refractivity contribution < 1.29 is 8.85 Å². The molecule has 0 saturated heterocycles. The van der Waals surface area contributed by atoms with E-state index < -0.39 is 10.0 Å². The van der Waals surface area contributed by atoms with Crippen LogP contribution in [0, 0.1) is 0 Å². The van der Waals surface area contributed by atoms with Crippen LogP contribution in [0.3, 0.4) is 0 Å². The molecular weight excluding hydrogens is 208 g/mol. The lowest BCUT2D eigenvalue weighted by Gasteiger charge is -2.05. The first-order chi connectivity index (χ1) is 7.33. The molecule has 0 atom stereocenters. The Kier molecular flexibility index (Phi) is 22.8. The lowest BCUT2D eigenvalue weighted by atomic mass is 10.0. The summed E-state index contributed by atoms with van der Waals surface area (Å²) in [5.74, 6) is 0. The summed E-state index contributed by atoms with van der Waals surface area (Å²) in [7, 11) is -0.589. The maximum absolute atomic E-state index is 4.99. The summed E-state index contributed by atoms with van der Waals surface area (Å²) in [5, 5.41) is 0. The topological polar surface area (TPSA) is 70.5 Å². The largest absolute Gasteiger partial charge is 0.399 e. The first-order valence-corrected chi connectivity index (χ1v) is 7.04. The second-order valence-electron chi connectivity index (χ2n) is 3.10. The first-order valence-electron chi connectivity index (χ1n) is 5.89. The Labute approximate surface area is 96.8 Å². The van der Waals surface area contributed by atoms with Gasteiger partial charge in [0.25, 0.3) is 0 Å². The lowest BCUT2D eigenvalue weighted by Crippen LogP contribution is -2.11. The fraction of sp³-hybridized carbons (Fsp3) is 1.00. The SMILES string of the molecule is C1CCC1.CCO[SiH2]OCC.NCCN. The van der Waals surface area contributed by atoms with E-state index in [-0.39, 0.29) is 0 Å². The first kappa shape index (κ1) is 17.5. The average molecular weight is 236 g/mol. The van der Waals surface area contributed by atoms with Gasteiger partial charge in [0.2, 0.25) is 0 Å². The highest BCUT2D eigenvalue weighted by Crippen LogP contribution is 2.15. The minimum absolute atomic E-state index is 0.589. The molecule has 5 heteroatoms. The summed E-state index contributed by atoms with van der Waals surface area (Å²) in [6.45, 7) is 6.75. The molecule has 4 nitrogen and oxygen atoms in total. The zero-order chi connectivity index (χ0) is 11.8. The standard InChI is InChI=1S/C4H12O2Si.C4H8.C2H8N2/c1-3-5-7-6-4-2;1-2-4-3-1;3-1-2-4/h3-4,7H2,1-2H3;2*1-4H2. The highest BCUT2D eigenvalue weighted by atomic mass is 28.3. The molecule has 0 aromatic heterocycles. The van der Waals surface area contributed by atoms with E-state index in [0.29, 0.717) is 13.1 Å². The summed E-state index contributed by atoms with van der Waals surface area (Å²) in [6, 6.07) is 0. The highest BCUT2D eigenvalue weighted by Gasteiger charge is 1.95. The van der Waals surface area contributed by atoms with E-state index in [9.17, 15) is 0 Å². The van der Waals surface area contributed by atoms with E-state index in [4.69, 9.17) is 20.3 Å². The second-order valence-corrected chi connectivity index (χ2v) is 4.15. The molecule has 0 bridgehead atoms. The van der Waals surface area contributed by atoms with Gasteiger partial charge in [0.15, 0.2) is 0 Å². The molecule has 1 saturated carbocycles. The molecule has 0 heterocycles. The molecule has 0 radical (unpaired) electrons. The molecule has 0 aromatic carbocycles. The molecule has 1 aliphatic rings. The zero-order valence-corrected chi connectivity index (χ0v) is 11.7. The molecule has 0 spiro atoms. The molecule has 0 aromatic rings. The predicted molar refractivity (Wildman–Crippen MR) is 68.4 cm³/mol. The van der Waals surface area contributed by atoms with Crippen molar-refractivity contribution in [2.75, 3.05) is 26.3 Å². The van der Waals surface area contributed by atoms with Gasteiger partial charge in [-0.3, -0.25) is 0 Å². The van der Waals surface area contributed by atoms with Crippen LogP contribution in [0.5, 0.6) is 0 Å². The van der Waals surface area contributed by atoms with E-state index in [0.717, 1.165) is 13.2 Å². The van der Waals surface area contributed by atoms with Crippen molar-refractivity contribution in [3.63, 3.8) is 0 Å². The van der Waals surface area contributed by atoms with Gasteiger partial charge in [-0.05, 0) is 13.8 Å². The van der Waals surface area contributed by atoms with Crippen LogP contribution in [0.2, 0.25) is 0 Å². The quantitative estimate of drug-likeness (QED) is 0.539. The third-order valence-electron chi connectivity index (χ3n) is 1.74. The summed E-state index contributed by atoms with van der Waals surface area (Å²) >= 11 is 0. The number of hydrogen-bond donors (Lipinski definition) is 2. The maximum Gasteiger partial charge on any atom is 0.304 e. The number of hydrogen-bond acceptors (Lipinski definition) is 4. The Hall–Kier alpha value is 0.0569. The third kappa shape index (κ3) is 24.9. The van der Waals surface area contributed by atoms with E-state index in [1.54, 1.807) is 0 Å². The minimum Gasteiger partial charge on any atom is -0.399 e. The molecule has 0 aliphatic heterocycles. The molecular formula is C10H28N2O2Si. The third-order valence-corrected chi connectivity index (χ3v) is 2.89. The fourth-order valence-corrected chi connectivity index (χ4v) is 0.927. The molecule has 1 rings (SSSR count). The lowest BCUT2D eigenvalue weighted by molar-refractivity contribution is 0.240. The molecule has 15 heavy (non-hydrogen) atoms. The van der Waals surface area contributed by atoms with Crippen LogP contribution >= 0.6 is 0 Å².